The number of thiophene rings is 1. The van der Waals surface area contributed by atoms with E-state index in [-0.39, 0.29) is 26.9 Å². The number of esters is 1. The average molecular weight is 613 g/mol. The standard InChI is InChI=1S/C31H21ClN4O6S/c1-18-5-4-7-20(15-18)31(39)42-25-8-3-2-6-21(25)17-33-35-29(37)19-9-11-22(12-10-19)34-30(38)28-27(32)24-14-13-23(36(40)41)16-26(24)43-28/h2-17H,1H3,(H,34,38)(H,35,37)/b33-17-. The fourth-order valence-electron chi connectivity index (χ4n) is 4.04. The van der Waals surface area contributed by atoms with Crippen LogP contribution in [0.15, 0.2) is 96.1 Å². The first-order valence-electron chi connectivity index (χ1n) is 12.7. The fourth-order valence-corrected chi connectivity index (χ4v) is 5.49. The number of hydrazone groups is 1. The minimum absolute atomic E-state index is 0.0960. The molecule has 0 bridgehead atoms. The minimum Gasteiger partial charge on any atom is -0.422 e. The lowest BCUT2D eigenvalue weighted by molar-refractivity contribution is -0.384. The molecule has 0 saturated heterocycles. The predicted molar refractivity (Wildman–Crippen MR) is 166 cm³/mol. The van der Waals surface area contributed by atoms with Crippen molar-refractivity contribution in [3.63, 3.8) is 0 Å². The van der Waals surface area contributed by atoms with Crippen LogP contribution in [-0.2, 0) is 0 Å². The molecule has 0 fully saturated rings. The quantitative estimate of drug-likeness (QED) is 0.0635. The van der Waals surface area contributed by atoms with E-state index in [9.17, 15) is 24.5 Å². The minimum atomic E-state index is -0.515. The summed E-state index contributed by atoms with van der Waals surface area (Å²) >= 11 is 7.41. The van der Waals surface area contributed by atoms with Crippen LogP contribution in [0.25, 0.3) is 10.1 Å². The number of halogens is 1. The second-order valence-electron chi connectivity index (χ2n) is 9.21. The highest BCUT2D eigenvalue weighted by Gasteiger charge is 2.19. The summed E-state index contributed by atoms with van der Waals surface area (Å²) in [6.07, 6.45) is 1.37. The summed E-state index contributed by atoms with van der Waals surface area (Å²) in [5, 5.41) is 18.5. The highest BCUT2D eigenvalue weighted by Crippen LogP contribution is 2.37. The number of non-ortho nitro benzene ring substituents is 1. The van der Waals surface area contributed by atoms with Gasteiger partial charge in [-0.2, -0.15) is 5.10 Å². The molecule has 214 valence electrons. The van der Waals surface area contributed by atoms with Crippen LogP contribution >= 0.6 is 22.9 Å². The summed E-state index contributed by atoms with van der Waals surface area (Å²) in [7, 11) is 0. The Morgan fingerprint density at radius 3 is 2.44 bits per heavy atom. The molecule has 5 rings (SSSR count). The maximum Gasteiger partial charge on any atom is 0.343 e. The van der Waals surface area contributed by atoms with Crippen LogP contribution in [0.2, 0.25) is 5.02 Å². The van der Waals surface area contributed by atoms with Crippen LogP contribution in [0.3, 0.4) is 0 Å². The van der Waals surface area contributed by atoms with Gasteiger partial charge in [-0.3, -0.25) is 19.7 Å². The number of nitrogens with one attached hydrogen (secondary N) is 2. The molecule has 0 atom stereocenters. The summed E-state index contributed by atoms with van der Waals surface area (Å²) in [6, 6.07) is 24.1. The number of benzene rings is 4. The smallest absolute Gasteiger partial charge is 0.343 e. The van der Waals surface area contributed by atoms with Crippen LogP contribution in [0.1, 0.15) is 41.5 Å². The molecule has 0 spiro atoms. The Kier molecular flexibility index (Phi) is 8.56. The van der Waals surface area contributed by atoms with Gasteiger partial charge in [0.2, 0.25) is 0 Å². The predicted octanol–water partition coefficient (Wildman–Crippen LogP) is 7.01. The van der Waals surface area contributed by atoms with Crippen LogP contribution in [0, 0.1) is 17.0 Å². The molecule has 0 aliphatic carbocycles. The number of anilines is 1. The second kappa shape index (κ2) is 12.6. The number of hydrogen-bond donors (Lipinski definition) is 2. The number of ether oxygens (including phenoxy) is 1. The fraction of sp³-hybridized carbons (Fsp3) is 0.0323. The van der Waals surface area contributed by atoms with E-state index in [4.69, 9.17) is 16.3 Å². The number of amides is 2. The van der Waals surface area contributed by atoms with Crippen molar-refractivity contribution in [2.75, 3.05) is 5.32 Å². The Bertz CT molecular complexity index is 1920. The first kappa shape index (κ1) is 29.1. The molecular weight excluding hydrogens is 592 g/mol. The van der Waals surface area contributed by atoms with Gasteiger partial charge in [0.25, 0.3) is 17.5 Å². The van der Waals surface area contributed by atoms with E-state index in [0.717, 1.165) is 16.9 Å². The van der Waals surface area contributed by atoms with E-state index in [2.05, 4.69) is 15.8 Å². The van der Waals surface area contributed by atoms with Crippen molar-refractivity contribution in [2.24, 2.45) is 5.10 Å². The number of carbonyl (C=O) groups excluding carboxylic acids is 3. The number of para-hydroxylation sites is 1. The largest absolute Gasteiger partial charge is 0.422 e. The van der Waals surface area contributed by atoms with E-state index in [0.29, 0.717) is 26.9 Å². The molecule has 2 amide bonds. The van der Waals surface area contributed by atoms with Gasteiger partial charge in [0.15, 0.2) is 0 Å². The summed E-state index contributed by atoms with van der Waals surface area (Å²) in [4.78, 5) is 48.8. The lowest BCUT2D eigenvalue weighted by Crippen LogP contribution is -2.18. The number of aryl methyl sites for hydroxylation is 1. The molecule has 1 heterocycles. The van der Waals surface area contributed by atoms with Crippen molar-refractivity contribution in [3.8, 4) is 5.75 Å². The van der Waals surface area contributed by atoms with E-state index in [1.807, 2.05) is 13.0 Å². The molecule has 5 aromatic rings. The van der Waals surface area contributed by atoms with Gasteiger partial charge in [0.1, 0.15) is 10.6 Å². The highest BCUT2D eigenvalue weighted by molar-refractivity contribution is 7.21. The van der Waals surface area contributed by atoms with Crippen molar-refractivity contribution in [2.45, 2.75) is 6.92 Å². The molecule has 4 aromatic carbocycles. The van der Waals surface area contributed by atoms with Crippen molar-refractivity contribution in [1.29, 1.82) is 0 Å². The summed E-state index contributed by atoms with van der Waals surface area (Å²) in [6.45, 7) is 1.88. The number of nitro benzene ring substituents is 1. The van der Waals surface area contributed by atoms with Crippen LogP contribution in [0.4, 0.5) is 11.4 Å². The van der Waals surface area contributed by atoms with Gasteiger partial charge in [-0.1, -0.05) is 41.4 Å². The van der Waals surface area contributed by atoms with Crippen molar-refractivity contribution < 1.29 is 24.0 Å². The van der Waals surface area contributed by atoms with Gasteiger partial charge in [-0.25, -0.2) is 10.2 Å². The lowest BCUT2D eigenvalue weighted by atomic mass is 10.1. The number of rotatable bonds is 8. The molecule has 10 nitrogen and oxygen atoms in total. The van der Waals surface area contributed by atoms with E-state index in [1.54, 1.807) is 54.6 Å². The van der Waals surface area contributed by atoms with E-state index < -0.39 is 22.7 Å². The maximum absolute atomic E-state index is 12.9. The van der Waals surface area contributed by atoms with E-state index >= 15 is 0 Å². The molecule has 1 aromatic heterocycles. The lowest BCUT2D eigenvalue weighted by Gasteiger charge is -2.08. The molecule has 43 heavy (non-hydrogen) atoms. The van der Waals surface area contributed by atoms with Crippen molar-refractivity contribution in [3.05, 3.63) is 133 Å². The zero-order valence-electron chi connectivity index (χ0n) is 22.4. The Morgan fingerprint density at radius 2 is 1.70 bits per heavy atom. The Morgan fingerprint density at radius 1 is 0.930 bits per heavy atom. The van der Waals surface area contributed by atoms with E-state index in [1.165, 1.54) is 36.5 Å². The third-order valence-electron chi connectivity index (χ3n) is 6.18. The van der Waals surface area contributed by atoms with Crippen LogP contribution in [0.5, 0.6) is 5.75 Å². The van der Waals surface area contributed by atoms with Gasteiger partial charge in [0.05, 0.1) is 21.7 Å². The molecule has 0 radical (unpaired) electrons. The Labute approximate surface area is 253 Å². The molecule has 12 heteroatoms. The van der Waals surface area contributed by atoms with Gasteiger partial charge >= 0.3 is 5.97 Å². The third-order valence-corrected chi connectivity index (χ3v) is 7.84. The summed E-state index contributed by atoms with van der Waals surface area (Å²) in [5.41, 5.74) is 4.85. The maximum atomic E-state index is 12.9. The highest BCUT2D eigenvalue weighted by atomic mass is 35.5. The van der Waals surface area contributed by atoms with Gasteiger partial charge < -0.3 is 10.1 Å². The molecule has 0 unspecified atom stereocenters. The number of nitrogens with zero attached hydrogens (tertiary/aromatic N) is 2. The number of hydrogen-bond acceptors (Lipinski definition) is 8. The summed E-state index contributed by atoms with van der Waals surface area (Å²) < 4.78 is 6.05. The van der Waals surface area contributed by atoms with Crippen molar-refractivity contribution >= 4 is 68.4 Å². The van der Waals surface area contributed by atoms with Gasteiger partial charge in [-0.15, -0.1) is 11.3 Å². The third kappa shape index (κ3) is 6.75. The normalized spacial score (nSPS) is 10.9. The Hall–Kier alpha value is -5.39. The molecule has 0 aliphatic heterocycles. The average Bonchev–Trinajstić information content (AvgIpc) is 3.34. The first-order chi connectivity index (χ1) is 20.7. The van der Waals surface area contributed by atoms with Crippen LogP contribution in [-0.4, -0.2) is 28.9 Å². The second-order valence-corrected chi connectivity index (χ2v) is 10.6. The van der Waals surface area contributed by atoms with Gasteiger partial charge in [-0.05, 0) is 61.5 Å². The van der Waals surface area contributed by atoms with Crippen molar-refractivity contribution in [1.82, 2.24) is 5.43 Å². The topological polar surface area (TPSA) is 140 Å². The zero-order chi connectivity index (χ0) is 30.5. The number of nitro groups is 1. The zero-order valence-corrected chi connectivity index (χ0v) is 23.9. The first-order valence-corrected chi connectivity index (χ1v) is 13.9. The molecular formula is C31H21ClN4O6S. The summed E-state index contributed by atoms with van der Waals surface area (Å²) in [5.74, 6) is -1.22. The Balaban J connectivity index is 1.21. The SMILES string of the molecule is Cc1cccc(C(=O)Oc2ccccc2/C=N\NC(=O)c2ccc(NC(=O)c3sc4cc([N+](=O)[O-])ccc4c3Cl)cc2)c1. The number of fused-ring (bicyclic) bond motifs is 1. The monoisotopic (exact) mass is 612 g/mol. The number of carbonyl (C=O) groups is 3. The van der Waals surface area contributed by atoms with Gasteiger partial charge in [0, 0.05) is 39.0 Å². The molecule has 2 N–H and O–H groups in total. The molecule has 0 aliphatic rings. The molecule has 0 saturated carbocycles. The van der Waals surface area contributed by atoms with Crippen LogP contribution < -0.4 is 15.5 Å².